The van der Waals surface area contributed by atoms with Gasteiger partial charge in [-0.2, -0.15) is 5.10 Å². The van der Waals surface area contributed by atoms with Gasteiger partial charge in [0.2, 0.25) is 10.0 Å². The number of sulfonamides is 1. The maximum Gasteiger partial charge on any atom is 0.244 e. The fourth-order valence-corrected chi connectivity index (χ4v) is 2.14. The lowest BCUT2D eigenvalue weighted by atomic mass is 10.3. The maximum atomic E-state index is 11.7. The van der Waals surface area contributed by atoms with E-state index in [1.165, 1.54) is 6.20 Å². The van der Waals surface area contributed by atoms with Crippen LogP contribution in [-0.2, 0) is 10.0 Å². The van der Waals surface area contributed by atoms with Gasteiger partial charge in [0.1, 0.15) is 4.90 Å². The molecule has 0 aliphatic rings. The van der Waals surface area contributed by atoms with Gasteiger partial charge >= 0.3 is 0 Å². The molecule has 1 aromatic rings. The number of nitrogens with zero attached hydrogens (tertiary/aromatic N) is 1. The highest BCUT2D eigenvalue weighted by molar-refractivity contribution is 7.89. The zero-order valence-electron chi connectivity index (χ0n) is 9.03. The number of aryl methyl sites for hydroxylation is 1. The highest BCUT2D eigenvalue weighted by Crippen LogP contribution is 2.10. The Balaban J connectivity index is 2.78. The molecule has 0 aliphatic heterocycles. The lowest BCUT2D eigenvalue weighted by Crippen LogP contribution is -2.24. The molecule has 0 spiro atoms. The second kappa shape index (κ2) is 4.59. The Bertz CT molecular complexity index is 455. The van der Waals surface area contributed by atoms with Crippen LogP contribution in [-0.4, -0.2) is 25.2 Å². The monoisotopic (exact) mass is 229 g/mol. The molecule has 0 amide bonds. The number of hydrogen-bond donors (Lipinski definition) is 2. The molecule has 0 fully saturated rings. The molecule has 15 heavy (non-hydrogen) atoms. The van der Waals surface area contributed by atoms with Gasteiger partial charge in [-0.25, -0.2) is 13.1 Å². The van der Waals surface area contributed by atoms with Crippen molar-refractivity contribution >= 4 is 10.0 Å². The van der Waals surface area contributed by atoms with E-state index in [-0.39, 0.29) is 4.90 Å². The third kappa shape index (κ3) is 3.17. The van der Waals surface area contributed by atoms with Gasteiger partial charge in [-0.1, -0.05) is 11.6 Å². The van der Waals surface area contributed by atoms with E-state index < -0.39 is 10.0 Å². The summed E-state index contributed by atoms with van der Waals surface area (Å²) >= 11 is 0. The van der Waals surface area contributed by atoms with Gasteiger partial charge in [-0.05, 0) is 20.8 Å². The molecular formula is C9H15N3O2S. The van der Waals surface area contributed by atoms with Crippen LogP contribution in [0.5, 0.6) is 0 Å². The number of allylic oxidation sites excluding steroid dienone is 1. The zero-order valence-corrected chi connectivity index (χ0v) is 9.85. The summed E-state index contributed by atoms with van der Waals surface area (Å²) in [5.74, 6) is 0. The van der Waals surface area contributed by atoms with E-state index in [2.05, 4.69) is 14.9 Å². The van der Waals surface area contributed by atoms with Gasteiger partial charge in [0, 0.05) is 6.54 Å². The molecule has 1 aromatic heterocycles. The molecule has 0 saturated heterocycles. The van der Waals surface area contributed by atoms with Crippen LogP contribution in [0.3, 0.4) is 0 Å². The standard InChI is InChI=1S/C9H15N3O2S/c1-7(2)4-5-11-15(13,14)9-6-10-12-8(9)3/h4,6,11H,5H2,1-3H3,(H,10,12). The van der Waals surface area contributed by atoms with Crippen molar-refractivity contribution in [1.29, 1.82) is 0 Å². The summed E-state index contributed by atoms with van der Waals surface area (Å²) in [6.07, 6.45) is 3.12. The number of aromatic amines is 1. The highest BCUT2D eigenvalue weighted by atomic mass is 32.2. The number of hydrogen-bond acceptors (Lipinski definition) is 3. The topological polar surface area (TPSA) is 74.8 Å². The molecule has 1 heterocycles. The van der Waals surface area contributed by atoms with Crippen molar-refractivity contribution in [2.75, 3.05) is 6.54 Å². The molecule has 0 aromatic carbocycles. The Labute approximate surface area is 89.6 Å². The molecule has 0 aliphatic carbocycles. The minimum absolute atomic E-state index is 0.199. The van der Waals surface area contributed by atoms with Crippen LogP contribution in [0, 0.1) is 6.92 Å². The van der Waals surface area contributed by atoms with Crippen molar-refractivity contribution in [3.63, 3.8) is 0 Å². The highest BCUT2D eigenvalue weighted by Gasteiger charge is 2.16. The summed E-state index contributed by atoms with van der Waals surface area (Å²) in [5, 5.41) is 6.26. The number of nitrogens with one attached hydrogen (secondary N) is 2. The fourth-order valence-electron chi connectivity index (χ4n) is 1.04. The third-order valence-electron chi connectivity index (χ3n) is 1.86. The first-order chi connectivity index (χ1) is 6.93. The van der Waals surface area contributed by atoms with Crippen LogP contribution in [0.4, 0.5) is 0 Å². The molecule has 0 radical (unpaired) electrons. The van der Waals surface area contributed by atoms with Gasteiger partial charge in [0.05, 0.1) is 11.9 Å². The molecule has 84 valence electrons. The molecule has 0 unspecified atom stereocenters. The first-order valence-corrected chi connectivity index (χ1v) is 6.05. The SMILES string of the molecule is CC(C)=CCNS(=O)(=O)c1cn[nH]c1C. The van der Waals surface area contributed by atoms with E-state index in [0.29, 0.717) is 12.2 Å². The quantitative estimate of drug-likeness (QED) is 0.755. The second-order valence-electron chi connectivity index (χ2n) is 3.49. The van der Waals surface area contributed by atoms with Crippen LogP contribution in [0.2, 0.25) is 0 Å². The Morgan fingerprint density at radius 3 is 2.73 bits per heavy atom. The molecule has 0 atom stereocenters. The largest absolute Gasteiger partial charge is 0.281 e. The van der Waals surface area contributed by atoms with Gasteiger partial charge in [-0.3, -0.25) is 5.10 Å². The summed E-state index contributed by atoms with van der Waals surface area (Å²) < 4.78 is 25.9. The van der Waals surface area contributed by atoms with E-state index in [1.807, 2.05) is 19.9 Å². The number of rotatable bonds is 4. The molecule has 0 saturated carbocycles. The fraction of sp³-hybridized carbons (Fsp3) is 0.444. The predicted octanol–water partition coefficient (Wildman–Crippen LogP) is 0.963. The Morgan fingerprint density at radius 2 is 2.27 bits per heavy atom. The lowest BCUT2D eigenvalue weighted by Gasteiger charge is -2.02. The number of aromatic nitrogens is 2. The summed E-state index contributed by atoms with van der Waals surface area (Å²) in [4.78, 5) is 0.199. The van der Waals surface area contributed by atoms with E-state index in [0.717, 1.165) is 5.57 Å². The first kappa shape index (κ1) is 11.9. The van der Waals surface area contributed by atoms with Gasteiger partial charge in [0.25, 0.3) is 0 Å². The van der Waals surface area contributed by atoms with E-state index in [1.54, 1.807) is 6.92 Å². The summed E-state index contributed by atoms with van der Waals surface area (Å²) in [7, 11) is -3.43. The normalized spacial score (nSPS) is 11.4. The molecule has 1 rings (SSSR count). The van der Waals surface area contributed by atoms with Crippen molar-refractivity contribution in [3.05, 3.63) is 23.5 Å². The van der Waals surface area contributed by atoms with Crippen molar-refractivity contribution in [2.45, 2.75) is 25.7 Å². The van der Waals surface area contributed by atoms with Crippen LogP contribution in [0.15, 0.2) is 22.7 Å². The van der Waals surface area contributed by atoms with Gasteiger partial charge in [0.15, 0.2) is 0 Å². The number of H-pyrrole nitrogens is 1. The van der Waals surface area contributed by atoms with Crippen LogP contribution < -0.4 is 4.72 Å². The van der Waals surface area contributed by atoms with Gasteiger partial charge in [-0.15, -0.1) is 0 Å². The maximum absolute atomic E-state index is 11.7. The zero-order chi connectivity index (χ0) is 11.5. The molecular weight excluding hydrogens is 214 g/mol. The molecule has 6 heteroatoms. The average molecular weight is 229 g/mol. The summed E-state index contributed by atoms with van der Waals surface area (Å²) in [6.45, 7) is 5.80. The summed E-state index contributed by atoms with van der Waals surface area (Å²) in [5.41, 5.74) is 1.61. The Hall–Kier alpha value is -1.14. The van der Waals surface area contributed by atoms with Crippen molar-refractivity contribution in [3.8, 4) is 0 Å². The Morgan fingerprint density at radius 1 is 1.60 bits per heavy atom. The lowest BCUT2D eigenvalue weighted by molar-refractivity contribution is 0.585. The van der Waals surface area contributed by atoms with Crippen LogP contribution in [0.1, 0.15) is 19.5 Å². The van der Waals surface area contributed by atoms with E-state index in [9.17, 15) is 8.42 Å². The molecule has 5 nitrogen and oxygen atoms in total. The van der Waals surface area contributed by atoms with Crippen molar-refractivity contribution < 1.29 is 8.42 Å². The van der Waals surface area contributed by atoms with Gasteiger partial charge < -0.3 is 0 Å². The Kier molecular flexibility index (Phi) is 3.65. The van der Waals surface area contributed by atoms with E-state index in [4.69, 9.17) is 0 Å². The van der Waals surface area contributed by atoms with E-state index >= 15 is 0 Å². The average Bonchev–Trinajstić information content (AvgIpc) is 2.50. The smallest absolute Gasteiger partial charge is 0.244 e. The predicted molar refractivity (Wildman–Crippen MR) is 57.9 cm³/mol. The third-order valence-corrected chi connectivity index (χ3v) is 3.39. The van der Waals surface area contributed by atoms with Crippen molar-refractivity contribution in [2.24, 2.45) is 0 Å². The minimum atomic E-state index is -3.43. The van der Waals surface area contributed by atoms with Crippen LogP contribution >= 0.6 is 0 Å². The van der Waals surface area contributed by atoms with Crippen LogP contribution in [0.25, 0.3) is 0 Å². The first-order valence-electron chi connectivity index (χ1n) is 4.56. The molecule has 2 N–H and O–H groups in total. The summed E-state index contributed by atoms with van der Waals surface area (Å²) in [6, 6.07) is 0. The van der Waals surface area contributed by atoms with Crippen molar-refractivity contribution in [1.82, 2.24) is 14.9 Å². The minimum Gasteiger partial charge on any atom is -0.281 e. The molecule has 0 bridgehead atoms. The second-order valence-corrected chi connectivity index (χ2v) is 5.23.